The standard InChI is InChI=1S/C16H15N3S/c1-12-6-5-9-14(18-12)15-10-17-16(19-15)20-11-13-7-3-2-4-8-13/h2-10H,11H2,1H3,(H,17,19). The highest BCUT2D eigenvalue weighted by Gasteiger charge is 2.05. The molecule has 0 amide bonds. The number of H-pyrrole nitrogens is 1. The molecule has 100 valence electrons. The molecule has 0 spiro atoms. The molecule has 0 saturated heterocycles. The van der Waals surface area contributed by atoms with Gasteiger partial charge >= 0.3 is 0 Å². The Bertz CT molecular complexity index is 692. The van der Waals surface area contributed by atoms with E-state index in [0.717, 1.165) is 28.0 Å². The average molecular weight is 281 g/mol. The Balaban J connectivity index is 1.71. The van der Waals surface area contributed by atoms with Crippen LogP contribution in [0.25, 0.3) is 11.4 Å². The van der Waals surface area contributed by atoms with Crippen LogP contribution >= 0.6 is 11.8 Å². The van der Waals surface area contributed by atoms with Crippen molar-refractivity contribution in [2.45, 2.75) is 17.8 Å². The fourth-order valence-electron chi connectivity index (χ4n) is 1.93. The van der Waals surface area contributed by atoms with Gasteiger partial charge in [-0.2, -0.15) is 0 Å². The van der Waals surface area contributed by atoms with Crippen LogP contribution in [0, 0.1) is 6.92 Å². The van der Waals surface area contributed by atoms with Gasteiger partial charge in [-0.15, -0.1) is 0 Å². The van der Waals surface area contributed by atoms with Gasteiger partial charge < -0.3 is 4.98 Å². The number of nitrogens with zero attached hydrogens (tertiary/aromatic N) is 2. The third-order valence-electron chi connectivity index (χ3n) is 2.94. The number of aryl methyl sites for hydroxylation is 1. The summed E-state index contributed by atoms with van der Waals surface area (Å²) in [6.45, 7) is 1.99. The van der Waals surface area contributed by atoms with Gasteiger partial charge in [-0.3, -0.25) is 4.98 Å². The Morgan fingerprint density at radius 3 is 2.70 bits per heavy atom. The summed E-state index contributed by atoms with van der Waals surface area (Å²) in [7, 11) is 0. The molecule has 2 heterocycles. The van der Waals surface area contributed by atoms with Crippen molar-refractivity contribution >= 4 is 11.8 Å². The first-order valence-corrected chi connectivity index (χ1v) is 7.45. The number of nitrogens with one attached hydrogen (secondary N) is 1. The van der Waals surface area contributed by atoms with Crippen LogP contribution in [0.5, 0.6) is 0 Å². The number of rotatable bonds is 4. The lowest BCUT2D eigenvalue weighted by Crippen LogP contribution is -1.86. The van der Waals surface area contributed by atoms with Gasteiger partial charge in [-0.05, 0) is 24.6 Å². The Kier molecular flexibility index (Phi) is 3.83. The van der Waals surface area contributed by atoms with E-state index >= 15 is 0 Å². The molecule has 3 aromatic rings. The van der Waals surface area contributed by atoms with Gasteiger partial charge in [-0.25, -0.2) is 4.98 Å². The Labute approximate surface area is 122 Å². The van der Waals surface area contributed by atoms with Crippen molar-refractivity contribution in [3.63, 3.8) is 0 Å². The molecule has 0 aliphatic rings. The highest BCUT2D eigenvalue weighted by molar-refractivity contribution is 7.98. The van der Waals surface area contributed by atoms with Gasteiger partial charge in [0.25, 0.3) is 0 Å². The summed E-state index contributed by atoms with van der Waals surface area (Å²) in [5.41, 5.74) is 4.20. The molecular formula is C16H15N3S. The van der Waals surface area contributed by atoms with Crippen LogP contribution in [0.1, 0.15) is 11.3 Å². The van der Waals surface area contributed by atoms with E-state index < -0.39 is 0 Å². The van der Waals surface area contributed by atoms with Crippen LogP contribution < -0.4 is 0 Å². The Hall–Kier alpha value is -2.07. The molecule has 3 nitrogen and oxygen atoms in total. The predicted octanol–water partition coefficient (Wildman–Crippen LogP) is 4.07. The molecule has 0 saturated carbocycles. The second-order valence-corrected chi connectivity index (χ2v) is 5.50. The van der Waals surface area contributed by atoms with E-state index in [0.29, 0.717) is 0 Å². The molecule has 0 unspecified atom stereocenters. The molecule has 1 N–H and O–H groups in total. The van der Waals surface area contributed by atoms with Gasteiger partial charge in [0, 0.05) is 11.4 Å². The summed E-state index contributed by atoms with van der Waals surface area (Å²) in [6, 6.07) is 16.4. The van der Waals surface area contributed by atoms with E-state index in [2.05, 4.69) is 39.2 Å². The zero-order valence-corrected chi connectivity index (χ0v) is 12.0. The molecule has 4 heteroatoms. The van der Waals surface area contributed by atoms with E-state index in [9.17, 15) is 0 Å². The Morgan fingerprint density at radius 2 is 1.90 bits per heavy atom. The Morgan fingerprint density at radius 1 is 1.05 bits per heavy atom. The summed E-state index contributed by atoms with van der Waals surface area (Å²) in [6.07, 6.45) is 1.84. The molecule has 0 bridgehead atoms. The van der Waals surface area contributed by atoms with E-state index in [1.165, 1.54) is 5.56 Å². The minimum absolute atomic E-state index is 0.912. The molecule has 20 heavy (non-hydrogen) atoms. The maximum Gasteiger partial charge on any atom is 0.166 e. The third-order valence-corrected chi connectivity index (χ3v) is 3.89. The van der Waals surface area contributed by atoms with E-state index in [1.807, 2.05) is 37.4 Å². The number of aromatic nitrogens is 3. The molecule has 0 fully saturated rings. The lowest BCUT2D eigenvalue weighted by molar-refractivity contribution is 1.05. The first-order valence-electron chi connectivity index (χ1n) is 6.47. The summed E-state index contributed by atoms with van der Waals surface area (Å²) in [4.78, 5) is 12.2. The molecular weight excluding hydrogens is 266 g/mol. The van der Waals surface area contributed by atoms with Crippen molar-refractivity contribution in [3.8, 4) is 11.4 Å². The largest absolute Gasteiger partial charge is 0.332 e. The second kappa shape index (κ2) is 5.92. The number of imidazole rings is 1. The van der Waals surface area contributed by atoms with Crippen LogP contribution in [-0.2, 0) is 5.75 Å². The zero-order chi connectivity index (χ0) is 13.8. The van der Waals surface area contributed by atoms with Crippen LogP contribution in [0.3, 0.4) is 0 Å². The van der Waals surface area contributed by atoms with Gasteiger partial charge in [-0.1, -0.05) is 48.2 Å². The van der Waals surface area contributed by atoms with E-state index in [1.54, 1.807) is 11.8 Å². The van der Waals surface area contributed by atoms with Crippen molar-refractivity contribution < 1.29 is 0 Å². The van der Waals surface area contributed by atoms with E-state index in [4.69, 9.17) is 0 Å². The average Bonchev–Trinajstić information content (AvgIpc) is 2.95. The fraction of sp³-hybridized carbons (Fsp3) is 0.125. The minimum atomic E-state index is 0.912. The molecule has 3 rings (SSSR count). The van der Waals surface area contributed by atoms with Crippen LogP contribution in [0.2, 0.25) is 0 Å². The lowest BCUT2D eigenvalue weighted by atomic mass is 10.2. The van der Waals surface area contributed by atoms with E-state index in [-0.39, 0.29) is 0 Å². The summed E-state index contributed by atoms with van der Waals surface area (Å²) >= 11 is 1.70. The van der Waals surface area contributed by atoms with Crippen molar-refractivity contribution in [2.24, 2.45) is 0 Å². The number of aromatic amines is 1. The molecule has 0 aliphatic carbocycles. The van der Waals surface area contributed by atoms with Crippen molar-refractivity contribution in [1.82, 2.24) is 15.0 Å². The number of hydrogen-bond acceptors (Lipinski definition) is 3. The minimum Gasteiger partial charge on any atom is -0.332 e. The number of hydrogen-bond donors (Lipinski definition) is 1. The molecule has 0 atom stereocenters. The van der Waals surface area contributed by atoms with Crippen LogP contribution in [0.15, 0.2) is 59.9 Å². The topological polar surface area (TPSA) is 41.6 Å². The fourth-order valence-corrected chi connectivity index (χ4v) is 2.73. The zero-order valence-electron chi connectivity index (χ0n) is 11.2. The highest BCUT2D eigenvalue weighted by Crippen LogP contribution is 2.23. The van der Waals surface area contributed by atoms with Gasteiger partial charge in [0.2, 0.25) is 0 Å². The molecule has 1 aromatic carbocycles. The first kappa shape index (κ1) is 12.9. The maximum atomic E-state index is 4.49. The van der Waals surface area contributed by atoms with Gasteiger partial charge in [0.15, 0.2) is 5.16 Å². The van der Waals surface area contributed by atoms with Crippen LogP contribution in [-0.4, -0.2) is 15.0 Å². The van der Waals surface area contributed by atoms with Gasteiger partial charge in [0.05, 0.1) is 17.6 Å². The molecule has 2 aromatic heterocycles. The highest BCUT2D eigenvalue weighted by atomic mass is 32.2. The smallest absolute Gasteiger partial charge is 0.166 e. The van der Waals surface area contributed by atoms with Crippen molar-refractivity contribution in [1.29, 1.82) is 0 Å². The summed E-state index contributed by atoms with van der Waals surface area (Å²) in [5.74, 6) is 0.912. The first-order chi connectivity index (χ1) is 9.81. The molecule has 0 aliphatic heterocycles. The second-order valence-electron chi connectivity index (χ2n) is 4.54. The number of benzene rings is 1. The van der Waals surface area contributed by atoms with Gasteiger partial charge in [0.1, 0.15) is 0 Å². The lowest BCUT2D eigenvalue weighted by Gasteiger charge is -1.99. The van der Waals surface area contributed by atoms with Crippen LogP contribution in [0.4, 0.5) is 0 Å². The summed E-state index contributed by atoms with van der Waals surface area (Å²) in [5, 5.41) is 0.923. The molecule has 0 radical (unpaired) electrons. The number of pyridine rings is 1. The van der Waals surface area contributed by atoms with Crippen molar-refractivity contribution in [3.05, 3.63) is 66.0 Å². The third kappa shape index (κ3) is 3.08. The quantitative estimate of drug-likeness (QED) is 0.733. The maximum absolute atomic E-state index is 4.49. The monoisotopic (exact) mass is 281 g/mol. The van der Waals surface area contributed by atoms with Crippen molar-refractivity contribution in [2.75, 3.05) is 0 Å². The number of thioether (sulfide) groups is 1. The normalized spacial score (nSPS) is 10.7. The SMILES string of the molecule is Cc1cccc(-c2cnc(SCc3ccccc3)[nH]2)n1. The predicted molar refractivity (Wildman–Crippen MR) is 82.6 cm³/mol. The summed E-state index contributed by atoms with van der Waals surface area (Å²) < 4.78 is 0.